The monoisotopic (exact) mass is 220 g/mol. The summed E-state index contributed by atoms with van der Waals surface area (Å²) >= 11 is 0. The fourth-order valence-corrected chi connectivity index (χ4v) is 2.63. The maximum atomic E-state index is 12.3. The second-order valence-corrected chi connectivity index (χ2v) is 6.32. The van der Waals surface area contributed by atoms with Crippen LogP contribution in [-0.4, -0.2) is 51.2 Å². The van der Waals surface area contributed by atoms with Crippen LogP contribution in [0.15, 0.2) is 0 Å². The molecule has 2 N–H and O–H groups in total. The zero-order valence-electron chi connectivity index (χ0n) is 8.37. The predicted molar refractivity (Wildman–Crippen MR) is 54.7 cm³/mol. The van der Waals surface area contributed by atoms with Gasteiger partial charge in [0.25, 0.3) is 0 Å². The third kappa shape index (κ3) is 3.63. The number of urea groups is 1. The molecule has 6 heteroatoms. The predicted octanol–water partition coefficient (Wildman–Crippen LogP) is -0.376. The Hall–Kier alpha value is -0.623. The number of hydrogen-bond donors (Lipinski definition) is 2. The average Bonchev–Trinajstić information content (AvgIpc) is 2.46. The number of alkyl halides is 1. The van der Waals surface area contributed by atoms with E-state index in [9.17, 15) is 9.18 Å². The second-order valence-electron chi connectivity index (χ2n) is 3.78. The molecule has 2 atom stereocenters. The SMILES string of the molecule is CC(CCN1CCNC1=O)[SiH2]C(O)F. The zero-order chi connectivity index (χ0) is 10.6. The highest BCUT2D eigenvalue weighted by molar-refractivity contribution is 6.38. The normalized spacial score (nSPS) is 21.6. The Morgan fingerprint density at radius 2 is 2.50 bits per heavy atom. The van der Waals surface area contributed by atoms with Crippen molar-refractivity contribution in [3.05, 3.63) is 0 Å². The molecule has 1 aliphatic rings. The molecule has 82 valence electrons. The molecule has 0 aromatic heterocycles. The van der Waals surface area contributed by atoms with Crippen molar-refractivity contribution in [3.8, 4) is 0 Å². The lowest BCUT2D eigenvalue weighted by Gasteiger charge is -2.17. The lowest BCUT2D eigenvalue weighted by molar-refractivity contribution is 0.116. The fraction of sp³-hybridized carbons (Fsp3) is 0.875. The molecule has 0 bridgehead atoms. The Kier molecular flexibility index (Phi) is 4.34. The van der Waals surface area contributed by atoms with Gasteiger partial charge in [-0.25, -0.2) is 9.18 Å². The van der Waals surface area contributed by atoms with Gasteiger partial charge < -0.3 is 15.3 Å². The van der Waals surface area contributed by atoms with E-state index in [0.717, 1.165) is 13.0 Å². The number of aliphatic hydroxyl groups is 1. The minimum atomic E-state index is -1.60. The van der Waals surface area contributed by atoms with Gasteiger partial charge in [-0.15, -0.1) is 0 Å². The van der Waals surface area contributed by atoms with Crippen LogP contribution in [0.25, 0.3) is 0 Å². The Bertz CT molecular complexity index is 204. The molecule has 0 aliphatic carbocycles. The standard InChI is InChI=1S/C8H17FN2O2Si/c1-6(14-7(9)12)2-4-11-5-3-10-8(11)13/h6-7,12H,2-5,14H2,1H3,(H,10,13). The molecule has 0 radical (unpaired) electrons. The van der Waals surface area contributed by atoms with Gasteiger partial charge >= 0.3 is 6.03 Å². The average molecular weight is 220 g/mol. The van der Waals surface area contributed by atoms with Crippen LogP contribution >= 0.6 is 0 Å². The van der Waals surface area contributed by atoms with Crippen LogP contribution in [0.1, 0.15) is 13.3 Å². The summed E-state index contributed by atoms with van der Waals surface area (Å²) in [5.74, 6) is -1.60. The third-order valence-electron chi connectivity index (χ3n) is 2.43. The zero-order valence-corrected chi connectivity index (χ0v) is 9.79. The Morgan fingerprint density at radius 3 is 3.00 bits per heavy atom. The van der Waals surface area contributed by atoms with Crippen molar-refractivity contribution in [2.24, 2.45) is 0 Å². The van der Waals surface area contributed by atoms with Gasteiger partial charge in [-0.2, -0.15) is 0 Å². The van der Waals surface area contributed by atoms with Gasteiger partial charge in [0.2, 0.25) is 0 Å². The summed E-state index contributed by atoms with van der Waals surface area (Å²) in [6.45, 7) is 4.05. The molecule has 0 aromatic rings. The maximum absolute atomic E-state index is 12.3. The first-order valence-corrected chi connectivity index (χ1v) is 6.58. The van der Waals surface area contributed by atoms with E-state index in [2.05, 4.69) is 5.32 Å². The molecule has 0 spiro atoms. The summed E-state index contributed by atoms with van der Waals surface area (Å²) in [6.07, 6.45) is 0.792. The van der Waals surface area contributed by atoms with E-state index >= 15 is 0 Å². The van der Waals surface area contributed by atoms with Gasteiger partial charge in [-0.05, 0) is 12.0 Å². The molecule has 2 amide bonds. The van der Waals surface area contributed by atoms with Crippen LogP contribution in [0, 0.1) is 0 Å². The van der Waals surface area contributed by atoms with Crippen molar-refractivity contribution < 1.29 is 14.3 Å². The van der Waals surface area contributed by atoms with Crippen molar-refractivity contribution in [1.29, 1.82) is 0 Å². The summed E-state index contributed by atoms with van der Waals surface area (Å²) in [5, 5.41) is 11.3. The molecule has 1 fully saturated rings. The van der Waals surface area contributed by atoms with Crippen LogP contribution in [0.5, 0.6) is 0 Å². The van der Waals surface area contributed by atoms with Crippen molar-refractivity contribution in [1.82, 2.24) is 10.2 Å². The van der Waals surface area contributed by atoms with E-state index in [4.69, 9.17) is 5.11 Å². The van der Waals surface area contributed by atoms with E-state index in [1.165, 1.54) is 0 Å². The number of amides is 2. The second kappa shape index (κ2) is 5.31. The molecule has 1 saturated heterocycles. The van der Waals surface area contributed by atoms with Crippen molar-refractivity contribution >= 4 is 15.6 Å². The summed E-state index contributed by atoms with van der Waals surface area (Å²) < 4.78 is 12.3. The quantitative estimate of drug-likeness (QED) is 0.621. The molecular weight excluding hydrogens is 203 g/mol. The summed E-state index contributed by atoms with van der Waals surface area (Å²) in [7, 11) is -1.05. The smallest absolute Gasteiger partial charge is 0.317 e. The highest BCUT2D eigenvalue weighted by Gasteiger charge is 2.20. The largest absolute Gasteiger partial charge is 0.368 e. The molecule has 2 unspecified atom stereocenters. The molecule has 1 heterocycles. The minimum Gasteiger partial charge on any atom is -0.368 e. The van der Waals surface area contributed by atoms with E-state index in [1.54, 1.807) is 4.90 Å². The van der Waals surface area contributed by atoms with Crippen molar-refractivity contribution in [3.63, 3.8) is 0 Å². The molecule has 14 heavy (non-hydrogen) atoms. The number of aliphatic hydroxyl groups excluding tert-OH is 1. The first-order valence-electron chi connectivity index (χ1n) is 4.94. The number of halogens is 1. The summed E-state index contributed by atoms with van der Waals surface area (Å²) in [4.78, 5) is 12.8. The van der Waals surface area contributed by atoms with E-state index in [1.807, 2.05) is 6.92 Å². The Balaban J connectivity index is 2.16. The van der Waals surface area contributed by atoms with Gasteiger partial charge in [0.15, 0.2) is 5.98 Å². The van der Waals surface area contributed by atoms with Gasteiger partial charge in [0, 0.05) is 19.6 Å². The lowest BCUT2D eigenvalue weighted by Crippen LogP contribution is -2.30. The van der Waals surface area contributed by atoms with Gasteiger partial charge in [-0.3, -0.25) is 0 Å². The molecule has 1 rings (SSSR count). The van der Waals surface area contributed by atoms with E-state index in [-0.39, 0.29) is 11.6 Å². The van der Waals surface area contributed by atoms with E-state index in [0.29, 0.717) is 13.1 Å². The van der Waals surface area contributed by atoms with Crippen LogP contribution in [0.3, 0.4) is 0 Å². The third-order valence-corrected chi connectivity index (χ3v) is 4.04. The first kappa shape index (κ1) is 11.5. The highest BCUT2D eigenvalue weighted by Crippen LogP contribution is 2.11. The van der Waals surface area contributed by atoms with Gasteiger partial charge in [0.1, 0.15) is 0 Å². The molecule has 4 nitrogen and oxygen atoms in total. The summed E-state index contributed by atoms with van der Waals surface area (Å²) in [6, 6.07) is -0.0281. The number of nitrogens with zero attached hydrogens (tertiary/aromatic N) is 1. The van der Waals surface area contributed by atoms with Crippen LogP contribution in [0.2, 0.25) is 5.54 Å². The lowest BCUT2D eigenvalue weighted by atomic mass is 10.3. The molecule has 1 aliphatic heterocycles. The van der Waals surface area contributed by atoms with Crippen molar-refractivity contribution in [2.75, 3.05) is 19.6 Å². The first-order chi connectivity index (χ1) is 6.59. The molecular formula is C8H17FN2O2Si. The summed E-state index contributed by atoms with van der Waals surface area (Å²) in [5.41, 5.74) is 0.239. The topological polar surface area (TPSA) is 52.6 Å². The van der Waals surface area contributed by atoms with Gasteiger partial charge in [0.05, 0.1) is 9.52 Å². The van der Waals surface area contributed by atoms with E-state index < -0.39 is 15.5 Å². The fourth-order valence-electron chi connectivity index (χ4n) is 1.55. The van der Waals surface area contributed by atoms with Crippen molar-refractivity contribution in [2.45, 2.75) is 24.9 Å². The number of carbonyl (C=O) groups excluding carboxylic acids is 1. The highest BCUT2D eigenvalue weighted by atomic mass is 28.2. The maximum Gasteiger partial charge on any atom is 0.317 e. The van der Waals surface area contributed by atoms with Crippen LogP contribution < -0.4 is 5.32 Å². The van der Waals surface area contributed by atoms with Crippen LogP contribution in [0.4, 0.5) is 9.18 Å². The van der Waals surface area contributed by atoms with Crippen LogP contribution in [-0.2, 0) is 0 Å². The Labute approximate surface area is 85.3 Å². The number of rotatable bonds is 5. The molecule has 0 aromatic carbocycles. The van der Waals surface area contributed by atoms with Gasteiger partial charge in [-0.1, -0.05) is 6.92 Å². The number of nitrogens with one attached hydrogen (secondary N) is 1. The molecule has 0 saturated carbocycles. The minimum absolute atomic E-state index is 0.0281. The number of hydrogen-bond acceptors (Lipinski definition) is 2. The Morgan fingerprint density at radius 1 is 1.79 bits per heavy atom. The number of carbonyl (C=O) groups is 1.